The number of allylic oxidation sites excluding steroid dienone is 3. The highest BCUT2D eigenvalue weighted by Gasteiger charge is 2.27. The molecule has 1 aliphatic rings. The van der Waals surface area contributed by atoms with Gasteiger partial charge in [-0.2, -0.15) is 0 Å². The Labute approximate surface area is 168 Å². The van der Waals surface area contributed by atoms with E-state index >= 15 is 0 Å². The van der Waals surface area contributed by atoms with E-state index in [0.717, 1.165) is 11.1 Å². The number of fused-ring (bicyclic) bond motifs is 1. The van der Waals surface area contributed by atoms with Crippen LogP contribution in [0.15, 0.2) is 90.7 Å². The molecule has 0 spiro atoms. The maximum Gasteiger partial charge on any atom is 0.343 e. The van der Waals surface area contributed by atoms with E-state index in [1.165, 1.54) is 0 Å². The lowest BCUT2D eigenvalue weighted by molar-refractivity contribution is 0.0734. The van der Waals surface area contributed by atoms with Crippen molar-refractivity contribution in [3.63, 3.8) is 0 Å². The van der Waals surface area contributed by atoms with Gasteiger partial charge in [-0.3, -0.25) is 4.79 Å². The predicted molar refractivity (Wildman–Crippen MR) is 111 cm³/mol. The molecule has 0 atom stereocenters. The summed E-state index contributed by atoms with van der Waals surface area (Å²) in [6, 6.07) is 21.7. The molecule has 0 aliphatic carbocycles. The molecular weight excluding hydrogens is 364 g/mol. The molecule has 29 heavy (non-hydrogen) atoms. The number of ether oxygens (including phenoxy) is 2. The summed E-state index contributed by atoms with van der Waals surface area (Å²) < 4.78 is 11.1. The normalized spacial score (nSPS) is 14.1. The molecule has 0 unspecified atom stereocenters. The second kappa shape index (κ2) is 7.98. The van der Waals surface area contributed by atoms with Gasteiger partial charge in [-0.15, -0.1) is 0 Å². The van der Waals surface area contributed by atoms with Crippen LogP contribution in [0.2, 0.25) is 0 Å². The van der Waals surface area contributed by atoms with Gasteiger partial charge in [0.05, 0.1) is 11.1 Å². The van der Waals surface area contributed by atoms with Crippen molar-refractivity contribution < 1.29 is 19.1 Å². The Morgan fingerprint density at radius 3 is 2.59 bits per heavy atom. The standard InChI is InChI=1S/C25H18O4/c1-17-7-5-11-19(15-17)25(27)28-20-13-14-21-23(16-20)29-22(24(21)26)12-6-10-18-8-3-2-4-9-18/h2-16H,1H3/b10-6+,22-12-. The minimum atomic E-state index is -0.459. The smallest absolute Gasteiger partial charge is 0.343 e. The second-order valence-electron chi connectivity index (χ2n) is 6.65. The summed E-state index contributed by atoms with van der Waals surface area (Å²) in [5.41, 5.74) is 2.91. The van der Waals surface area contributed by atoms with Crippen molar-refractivity contribution in [1.29, 1.82) is 0 Å². The molecule has 4 rings (SSSR count). The Bertz CT molecular complexity index is 1140. The average Bonchev–Trinajstić information content (AvgIpc) is 3.04. The Kier molecular flexibility index (Phi) is 5.08. The molecule has 0 amide bonds. The van der Waals surface area contributed by atoms with Crippen molar-refractivity contribution in [2.75, 3.05) is 0 Å². The molecule has 0 radical (unpaired) electrons. The number of aryl methyl sites for hydroxylation is 1. The maximum atomic E-state index is 12.5. The van der Waals surface area contributed by atoms with Gasteiger partial charge in [-0.1, -0.05) is 60.2 Å². The third-order valence-corrected chi connectivity index (χ3v) is 4.44. The van der Waals surface area contributed by atoms with Crippen LogP contribution < -0.4 is 9.47 Å². The van der Waals surface area contributed by atoms with Crippen LogP contribution >= 0.6 is 0 Å². The van der Waals surface area contributed by atoms with Crippen molar-refractivity contribution in [2.45, 2.75) is 6.92 Å². The van der Waals surface area contributed by atoms with Gasteiger partial charge in [-0.25, -0.2) is 4.79 Å². The number of rotatable bonds is 4. The van der Waals surface area contributed by atoms with Crippen LogP contribution in [0.1, 0.15) is 31.8 Å². The maximum absolute atomic E-state index is 12.5. The number of esters is 1. The molecule has 1 aliphatic heterocycles. The highest BCUT2D eigenvalue weighted by molar-refractivity contribution is 6.12. The fourth-order valence-electron chi connectivity index (χ4n) is 2.99. The first-order valence-electron chi connectivity index (χ1n) is 9.19. The van der Waals surface area contributed by atoms with Crippen LogP contribution in [0.25, 0.3) is 6.08 Å². The molecule has 0 bridgehead atoms. The number of hydrogen-bond donors (Lipinski definition) is 0. The van der Waals surface area contributed by atoms with Crippen LogP contribution in [0.4, 0.5) is 0 Å². The van der Waals surface area contributed by atoms with Gasteiger partial charge < -0.3 is 9.47 Å². The molecule has 0 aromatic heterocycles. The van der Waals surface area contributed by atoms with E-state index in [-0.39, 0.29) is 11.5 Å². The molecule has 3 aromatic rings. The fraction of sp³-hybridized carbons (Fsp3) is 0.0400. The predicted octanol–water partition coefficient (Wildman–Crippen LogP) is 5.39. The quantitative estimate of drug-likeness (QED) is 0.345. The SMILES string of the molecule is Cc1cccc(C(=O)Oc2ccc3c(c2)O/C(=C\C=C\c2ccccc2)C3=O)c1. The van der Waals surface area contributed by atoms with E-state index in [9.17, 15) is 9.59 Å². The molecule has 4 nitrogen and oxygen atoms in total. The first-order valence-corrected chi connectivity index (χ1v) is 9.19. The van der Waals surface area contributed by atoms with Crippen LogP contribution in [0.5, 0.6) is 11.5 Å². The summed E-state index contributed by atoms with van der Waals surface area (Å²) in [6.07, 6.45) is 5.29. The average molecular weight is 382 g/mol. The number of hydrogen-bond acceptors (Lipinski definition) is 4. The third-order valence-electron chi connectivity index (χ3n) is 4.44. The van der Waals surface area contributed by atoms with E-state index in [4.69, 9.17) is 9.47 Å². The van der Waals surface area contributed by atoms with Crippen LogP contribution in [0.3, 0.4) is 0 Å². The van der Waals surface area contributed by atoms with E-state index in [2.05, 4.69) is 0 Å². The van der Waals surface area contributed by atoms with Gasteiger partial charge in [0.15, 0.2) is 5.76 Å². The Hall–Kier alpha value is -3.92. The first kappa shape index (κ1) is 18.4. The lowest BCUT2D eigenvalue weighted by Crippen LogP contribution is -2.08. The highest BCUT2D eigenvalue weighted by atomic mass is 16.5. The number of carbonyl (C=O) groups is 2. The van der Waals surface area contributed by atoms with Gasteiger partial charge in [0, 0.05) is 6.07 Å². The lowest BCUT2D eigenvalue weighted by atomic mass is 10.1. The highest BCUT2D eigenvalue weighted by Crippen LogP contribution is 2.34. The molecule has 4 heteroatoms. The summed E-state index contributed by atoms with van der Waals surface area (Å²) in [6.45, 7) is 1.91. The van der Waals surface area contributed by atoms with Crippen molar-refractivity contribution in [1.82, 2.24) is 0 Å². The van der Waals surface area contributed by atoms with Crippen LogP contribution in [0, 0.1) is 6.92 Å². The van der Waals surface area contributed by atoms with Gasteiger partial charge in [-0.05, 0) is 42.8 Å². The van der Waals surface area contributed by atoms with Crippen molar-refractivity contribution in [3.8, 4) is 11.5 Å². The topological polar surface area (TPSA) is 52.6 Å². The molecular formula is C25H18O4. The zero-order valence-corrected chi connectivity index (χ0v) is 15.8. The van der Waals surface area contributed by atoms with Crippen LogP contribution in [-0.4, -0.2) is 11.8 Å². The fourth-order valence-corrected chi connectivity index (χ4v) is 2.99. The number of carbonyl (C=O) groups excluding carboxylic acids is 2. The molecule has 3 aromatic carbocycles. The summed E-state index contributed by atoms with van der Waals surface area (Å²) >= 11 is 0. The summed E-state index contributed by atoms with van der Waals surface area (Å²) in [4.78, 5) is 24.8. The van der Waals surface area contributed by atoms with Gasteiger partial charge >= 0.3 is 5.97 Å². The molecule has 0 saturated carbocycles. The minimum Gasteiger partial charge on any atom is -0.452 e. The molecule has 0 saturated heterocycles. The van der Waals surface area contributed by atoms with E-state index in [1.54, 1.807) is 48.6 Å². The van der Waals surface area contributed by atoms with Gasteiger partial charge in [0.25, 0.3) is 0 Å². The monoisotopic (exact) mass is 382 g/mol. The Balaban J connectivity index is 1.49. The molecule has 1 heterocycles. The molecule has 0 N–H and O–H groups in total. The van der Waals surface area contributed by atoms with E-state index < -0.39 is 5.97 Å². The van der Waals surface area contributed by atoms with Crippen molar-refractivity contribution in [2.24, 2.45) is 0 Å². The number of ketones is 1. The number of Topliss-reactive ketones (excluding diaryl/α,β-unsaturated/α-hetero) is 1. The number of benzene rings is 3. The zero-order chi connectivity index (χ0) is 20.2. The van der Waals surface area contributed by atoms with Crippen molar-refractivity contribution >= 4 is 17.8 Å². The molecule has 0 fully saturated rings. The Morgan fingerprint density at radius 2 is 1.79 bits per heavy atom. The third kappa shape index (κ3) is 4.17. The van der Waals surface area contributed by atoms with Crippen molar-refractivity contribution in [3.05, 3.63) is 113 Å². The van der Waals surface area contributed by atoms with E-state index in [0.29, 0.717) is 22.6 Å². The second-order valence-corrected chi connectivity index (χ2v) is 6.65. The van der Waals surface area contributed by atoms with E-state index in [1.807, 2.05) is 49.4 Å². The Morgan fingerprint density at radius 1 is 0.966 bits per heavy atom. The zero-order valence-electron chi connectivity index (χ0n) is 15.8. The summed E-state index contributed by atoms with van der Waals surface area (Å²) in [7, 11) is 0. The van der Waals surface area contributed by atoms with Gasteiger partial charge in [0.2, 0.25) is 5.78 Å². The molecule has 142 valence electrons. The first-order chi connectivity index (χ1) is 14.1. The van der Waals surface area contributed by atoms with Gasteiger partial charge in [0.1, 0.15) is 11.5 Å². The summed E-state index contributed by atoms with van der Waals surface area (Å²) in [5.74, 6) is 0.274. The minimum absolute atomic E-state index is 0.200. The van der Waals surface area contributed by atoms with Crippen LogP contribution in [-0.2, 0) is 0 Å². The summed E-state index contributed by atoms with van der Waals surface area (Å²) in [5, 5.41) is 0. The lowest BCUT2D eigenvalue weighted by Gasteiger charge is -2.06. The largest absolute Gasteiger partial charge is 0.452 e.